The van der Waals surface area contributed by atoms with Crippen molar-refractivity contribution >= 4 is 5.91 Å². The largest absolute Gasteiger partial charge is 0.492 e. The Morgan fingerprint density at radius 1 is 1.42 bits per heavy atom. The van der Waals surface area contributed by atoms with E-state index in [0.717, 1.165) is 30.2 Å². The Hall–Kier alpha value is -2.41. The van der Waals surface area contributed by atoms with Crippen molar-refractivity contribution in [2.45, 2.75) is 33.0 Å². The smallest absolute Gasteiger partial charge is 0.234 e. The SMILES string of the molecule is CCn1ncnc1[C@H](C)NC(=O)CN1CCOc2ccccc2C1. The minimum Gasteiger partial charge on any atom is -0.492 e. The van der Waals surface area contributed by atoms with E-state index < -0.39 is 0 Å². The fourth-order valence-electron chi connectivity index (χ4n) is 2.92. The Morgan fingerprint density at radius 3 is 3.08 bits per heavy atom. The molecule has 0 unspecified atom stereocenters. The van der Waals surface area contributed by atoms with E-state index in [9.17, 15) is 4.79 Å². The number of fused-ring (bicyclic) bond motifs is 1. The van der Waals surface area contributed by atoms with Crippen molar-refractivity contribution in [3.8, 4) is 5.75 Å². The predicted molar refractivity (Wildman–Crippen MR) is 89.5 cm³/mol. The van der Waals surface area contributed by atoms with Gasteiger partial charge in [-0.05, 0) is 19.9 Å². The molecule has 1 N–H and O–H groups in total. The summed E-state index contributed by atoms with van der Waals surface area (Å²) in [6.45, 7) is 7.02. The number of amides is 1. The van der Waals surface area contributed by atoms with Gasteiger partial charge in [-0.15, -0.1) is 0 Å². The molecule has 24 heavy (non-hydrogen) atoms. The average Bonchev–Trinajstić information content (AvgIpc) is 2.96. The van der Waals surface area contributed by atoms with Crippen molar-refractivity contribution in [2.75, 3.05) is 19.7 Å². The van der Waals surface area contributed by atoms with E-state index in [1.807, 2.05) is 38.1 Å². The van der Waals surface area contributed by atoms with E-state index in [1.54, 1.807) is 4.68 Å². The van der Waals surface area contributed by atoms with Crippen LogP contribution in [0.4, 0.5) is 0 Å². The minimum absolute atomic E-state index is 0.0208. The van der Waals surface area contributed by atoms with E-state index in [-0.39, 0.29) is 11.9 Å². The van der Waals surface area contributed by atoms with Crippen molar-refractivity contribution in [3.05, 3.63) is 42.0 Å². The molecule has 7 heteroatoms. The monoisotopic (exact) mass is 329 g/mol. The Labute approximate surface area is 141 Å². The van der Waals surface area contributed by atoms with Gasteiger partial charge < -0.3 is 10.1 Å². The average molecular weight is 329 g/mol. The topological polar surface area (TPSA) is 72.3 Å². The molecule has 1 atom stereocenters. The van der Waals surface area contributed by atoms with Crippen LogP contribution in [0.15, 0.2) is 30.6 Å². The molecular formula is C17H23N5O2. The van der Waals surface area contributed by atoms with E-state index >= 15 is 0 Å². The predicted octanol–water partition coefficient (Wildman–Crippen LogP) is 1.37. The Morgan fingerprint density at radius 2 is 2.25 bits per heavy atom. The Bertz CT molecular complexity index is 700. The molecule has 1 aromatic heterocycles. The van der Waals surface area contributed by atoms with E-state index in [1.165, 1.54) is 6.33 Å². The van der Waals surface area contributed by atoms with Crippen LogP contribution in [-0.4, -0.2) is 45.3 Å². The minimum atomic E-state index is -0.171. The Balaban J connectivity index is 1.59. The number of rotatable bonds is 5. The van der Waals surface area contributed by atoms with Crippen molar-refractivity contribution in [3.63, 3.8) is 0 Å². The highest BCUT2D eigenvalue weighted by molar-refractivity contribution is 5.78. The summed E-state index contributed by atoms with van der Waals surface area (Å²) in [5.41, 5.74) is 1.11. The molecule has 1 aliphatic rings. The first-order chi connectivity index (χ1) is 11.7. The van der Waals surface area contributed by atoms with Crippen LogP contribution in [0.25, 0.3) is 0 Å². The van der Waals surface area contributed by atoms with Crippen molar-refractivity contribution in [1.82, 2.24) is 25.0 Å². The van der Waals surface area contributed by atoms with Gasteiger partial charge in [-0.2, -0.15) is 5.10 Å². The van der Waals surface area contributed by atoms with Crippen LogP contribution in [0, 0.1) is 0 Å². The van der Waals surface area contributed by atoms with Gasteiger partial charge in [0.2, 0.25) is 5.91 Å². The third-order valence-electron chi connectivity index (χ3n) is 4.11. The van der Waals surface area contributed by atoms with Gasteiger partial charge in [-0.3, -0.25) is 9.69 Å². The number of hydrogen-bond donors (Lipinski definition) is 1. The first-order valence-electron chi connectivity index (χ1n) is 8.27. The third kappa shape index (κ3) is 3.73. The highest BCUT2D eigenvalue weighted by atomic mass is 16.5. The summed E-state index contributed by atoms with van der Waals surface area (Å²) in [6, 6.07) is 7.80. The molecule has 1 aromatic carbocycles. The zero-order chi connectivity index (χ0) is 16.9. The van der Waals surface area contributed by atoms with Crippen LogP contribution in [0.1, 0.15) is 31.3 Å². The molecule has 7 nitrogen and oxygen atoms in total. The van der Waals surface area contributed by atoms with Crippen LogP contribution in [-0.2, 0) is 17.9 Å². The maximum Gasteiger partial charge on any atom is 0.234 e. The molecule has 0 saturated heterocycles. The fraction of sp³-hybridized carbons (Fsp3) is 0.471. The van der Waals surface area contributed by atoms with Gasteiger partial charge in [0.05, 0.1) is 12.6 Å². The number of nitrogens with zero attached hydrogens (tertiary/aromatic N) is 4. The van der Waals surface area contributed by atoms with Gasteiger partial charge in [-0.25, -0.2) is 9.67 Å². The number of aryl methyl sites for hydroxylation is 1. The quantitative estimate of drug-likeness (QED) is 0.897. The zero-order valence-corrected chi connectivity index (χ0v) is 14.1. The highest BCUT2D eigenvalue weighted by Crippen LogP contribution is 2.22. The maximum absolute atomic E-state index is 12.4. The van der Waals surface area contributed by atoms with Crippen LogP contribution in [0.2, 0.25) is 0 Å². The number of para-hydroxylation sites is 1. The lowest BCUT2D eigenvalue weighted by atomic mass is 10.2. The molecule has 0 spiro atoms. The first kappa shape index (κ1) is 16.4. The summed E-state index contributed by atoms with van der Waals surface area (Å²) < 4.78 is 7.53. The summed E-state index contributed by atoms with van der Waals surface area (Å²) >= 11 is 0. The van der Waals surface area contributed by atoms with Crippen LogP contribution in [0.3, 0.4) is 0 Å². The van der Waals surface area contributed by atoms with Gasteiger partial charge in [0, 0.05) is 25.2 Å². The lowest BCUT2D eigenvalue weighted by molar-refractivity contribution is -0.123. The second-order valence-electron chi connectivity index (χ2n) is 5.89. The molecule has 0 radical (unpaired) electrons. The Kier molecular flexibility index (Phi) is 5.10. The third-order valence-corrected chi connectivity index (χ3v) is 4.11. The van der Waals surface area contributed by atoms with Crippen molar-refractivity contribution in [1.29, 1.82) is 0 Å². The number of nitrogens with one attached hydrogen (secondary N) is 1. The van der Waals surface area contributed by atoms with Crippen molar-refractivity contribution < 1.29 is 9.53 Å². The van der Waals surface area contributed by atoms with Gasteiger partial charge in [-0.1, -0.05) is 18.2 Å². The zero-order valence-electron chi connectivity index (χ0n) is 14.1. The molecule has 1 aliphatic heterocycles. The molecule has 0 bridgehead atoms. The van der Waals surface area contributed by atoms with Crippen LogP contribution in [0.5, 0.6) is 5.75 Å². The molecule has 1 amide bonds. The molecular weight excluding hydrogens is 306 g/mol. The number of carbonyl (C=O) groups excluding carboxylic acids is 1. The van der Waals surface area contributed by atoms with Crippen LogP contribution >= 0.6 is 0 Å². The molecule has 0 fully saturated rings. The maximum atomic E-state index is 12.4. The first-order valence-corrected chi connectivity index (χ1v) is 8.27. The van der Waals surface area contributed by atoms with Gasteiger partial charge >= 0.3 is 0 Å². The normalized spacial score (nSPS) is 15.9. The number of aromatic nitrogens is 3. The number of carbonyl (C=O) groups is 1. The lowest BCUT2D eigenvalue weighted by Gasteiger charge is -2.20. The lowest BCUT2D eigenvalue weighted by Crippen LogP contribution is -2.39. The van der Waals surface area contributed by atoms with Crippen LogP contribution < -0.4 is 10.1 Å². The second-order valence-corrected chi connectivity index (χ2v) is 5.89. The summed E-state index contributed by atoms with van der Waals surface area (Å²) in [6.07, 6.45) is 1.52. The van der Waals surface area contributed by atoms with E-state index in [0.29, 0.717) is 19.7 Å². The molecule has 0 saturated carbocycles. The van der Waals surface area contributed by atoms with E-state index in [2.05, 4.69) is 20.3 Å². The fourth-order valence-corrected chi connectivity index (χ4v) is 2.92. The molecule has 2 heterocycles. The molecule has 0 aliphatic carbocycles. The van der Waals surface area contributed by atoms with Crippen molar-refractivity contribution in [2.24, 2.45) is 0 Å². The van der Waals surface area contributed by atoms with Gasteiger partial charge in [0.15, 0.2) is 0 Å². The standard InChI is InChI=1S/C17H23N5O2/c1-3-22-17(18-12-19-22)13(2)20-16(23)11-21-8-9-24-15-7-5-4-6-14(15)10-21/h4-7,12-13H,3,8-11H2,1-2H3,(H,20,23)/t13-/m0/s1. The molecule has 3 rings (SSSR count). The number of benzene rings is 1. The van der Waals surface area contributed by atoms with E-state index in [4.69, 9.17) is 4.74 Å². The second kappa shape index (κ2) is 7.44. The highest BCUT2D eigenvalue weighted by Gasteiger charge is 2.20. The summed E-state index contributed by atoms with van der Waals surface area (Å²) in [4.78, 5) is 18.7. The van der Waals surface area contributed by atoms with Gasteiger partial charge in [0.1, 0.15) is 24.5 Å². The van der Waals surface area contributed by atoms with Gasteiger partial charge in [0.25, 0.3) is 0 Å². The molecule has 128 valence electrons. The summed E-state index contributed by atoms with van der Waals surface area (Å²) in [5.74, 6) is 1.66. The summed E-state index contributed by atoms with van der Waals surface area (Å²) in [7, 11) is 0. The molecule has 2 aromatic rings. The number of ether oxygens (including phenoxy) is 1. The number of hydrogen-bond acceptors (Lipinski definition) is 5. The summed E-state index contributed by atoms with van der Waals surface area (Å²) in [5, 5.41) is 7.15.